The van der Waals surface area contributed by atoms with Crippen LogP contribution in [0.5, 0.6) is 0 Å². The van der Waals surface area contributed by atoms with Crippen molar-refractivity contribution in [2.45, 2.75) is 0 Å². The second-order valence-electron chi connectivity index (χ2n) is 1.96. The molecule has 2 aliphatic heterocycles. The fraction of sp³-hybridized carbons (Fsp3) is 0. The Hall–Kier alpha value is -1.05. The Labute approximate surface area is 53.9 Å². The predicted molar refractivity (Wildman–Crippen MR) is 36.7 cm³/mol. The van der Waals surface area contributed by atoms with Crippen LogP contribution >= 0.6 is 0 Å². The molecular formula is C7H5BO. The third-order valence-corrected chi connectivity index (χ3v) is 1.36. The zero-order valence-electron chi connectivity index (χ0n) is 4.87. The zero-order chi connectivity index (χ0) is 6.10. The molecule has 0 radical (unpaired) electrons. The van der Waals surface area contributed by atoms with E-state index in [1.165, 1.54) is 0 Å². The van der Waals surface area contributed by atoms with Gasteiger partial charge in [-0.1, -0.05) is 0 Å². The molecule has 0 saturated heterocycles. The van der Waals surface area contributed by atoms with Gasteiger partial charge in [-0.05, 0) is 0 Å². The van der Waals surface area contributed by atoms with Crippen LogP contribution in [0.4, 0.5) is 0 Å². The van der Waals surface area contributed by atoms with Gasteiger partial charge >= 0.3 is 53.0 Å². The maximum atomic E-state index is 5.15. The molecule has 0 aliphatic carbocycles. The SMILES string of the molecule is b1ccc2occcc1-2. The van der Waals surface area contributed by atoms with Gasteiger partial charge in [-0.2, -0.15) is 0 Å². The fourth-order valence-corrected chi connectivity index (χ4v) is 0.918. The Morgan fingerprint density at radius 3 is 3.22 bits per heavy atom. The van der Waals surface area contributed by atoms with Crippen molar-refractivity contribution in [3.05, 3.63) is 30.4 Å². The standard InChI is InChI=1S/C7H5BO/c1-2-6-7(9-5-1)3-4-8-6/h1-5H. The summed E-state index contributed by atoms with van der Waals surface area (Å²) < 4.78 is 5.15. The molecule has 2 heteroatoms. The summed E-state index contributed by atoms with van der Waals surface area (Å²) in [4.78, 5) is 0. The Bertz CT molecular complexity index is 249. The van der Waals surface area contributed by atoms with Gasteiger partial charge in [0.15, 0.2) is 0 Å². The third-order valence-electron chi connectivity index (χ3n) is 1.36. The van der Waals surface area contributed by atoms with Crippen LogP contribution in [0.25, 0.3) is 11.2 Å². The van der Waals surface area contributed by atoms with Gasteiger partial charge in [0.05, 0.1) is 0 Å². The van der Waals surface area contributed by atoms with Gasteiger partial charge < -0.3 is 0 Å². The van der Waals surface area contributed by atoms with Gasteiger partial charge in [0.1, 0.15) is 0 Å². The van der Waals surface area contributed by atoms with Crippen molar-refractivity contribution in [2.75, 3.05) is 0 Å². The average molecular weight is 116 g/mol. The van der Waals surface area contributed by atoms with Crippen LogP contribution in [-0.2, 0) is 0 Å². The van der Waals surface area contributed by atoms with Crippen LogP contribution in [0.15, 0.2) is 34.8 Å². The summed E-state index contributed by atoms with van der Waals surface area (Å²) in [6.45, 7) is 2.03. The summed E-state index contributed by atoms with van der Waals surface area (Å²) >= 11 is 0. The molecule has 0 atom stereocenters. The first-order chi connectivity index (χ1) is 4.47. The van der Waals surface area contributed by atoms with E-state index >= 15 is 0 Å². The molecule has 0 saturated carbocycles. The van der Waals surface area contributed by atoms with Crippen molar-refractivity contribution in [1.82, 2.24) is 0 Å². The van der Waals surface area contributed by atoms with Gasteiger partial charge in [-0.15, -0.1) is 0 Å². The summed E-state index contributed by atoms with van der Waals surface area (Å²) in [6, 6.07) is 5.87. The van der Waals surface area contributed by atoms with Crippen molar-refractivity contribution < 1.29 is 4.42 Å². The number of rotatable bonds is 0. The number of hydrogen-bond acceptors (Lipinski definition) is 1. The van der Waals surface area contributed by atoms with E-state index in [9.17, 15) is 0 Å². The Balaban J connectivity index is 2.79. The summed E-state index contributed by atoms with van der Waals surface area (Å²) in [6.07, 6.45) is 1.68. The average Bonchev–Trinajstić information content (AvgIpc) is 2.33. The monoisotopic (exact) mass is 116 g/mol. The van der Waals surface area contributed by atoms with E-state index in [4.69, 9.17) is 4.42 Å². The topological polar surface area (TPSA) is 13.1 Å². The van der Waals surface area contributed by atoms with E-state index < -0.39 is 0 Å². The molecular weight excluding hydrogens is 111 g/mol. The van der Waals surface area contributed by atoms with Crippen molar-refractivity contribution in [3.8, 4) is 11.2 Å². The van der Waals surface area contributed by atoms with E-state index in [0.717, 1.165) is 11.2 Å². The number of hydrogen-bond donors (Lipinski definition) is 0. The molecule has 0 unspecified atom stereocenters. The van der Waals surface area contributed by atoms with E-state index in [1.807, 2.05) is 31.1 Å². The summed E-state index contributed by atoms with van der Waals surface area (Å²) in [5.41, 5.74) is 1.16. The first-order valence-electron chi connectivity index (χ1n) is 2.89. The normalized spacial score (nSPS) is 9.78. The summed E-state index contributed by atoms with van der Waals surface area (Å²) in [5.74, 6) is 2.94. The van der Waals surface area contributed by atoms with Crippen molar-refractivity contribution in [1.29, 1.82) is 0 Å². The number of fused-ring (bicyclic) bond motifs is 1. The van der Waals surface area contributed by atoms with E-state index in [1.54, 1.807) is 6.26 Å². The first-order valence-corrected chi connectivity index (χ1v) is 2.89. The first kappa shape index (κ1) is 4.80. The van der Waals surface area contributed by atoms with Gasteiger partial charge in [-0.25, -0.2) is 0 Å². The van der Waals surface area contributed by atoms with Crippen LogP contribution in [0.2, 0.25) is 0 Å². The minimum atomic E-state index is 0.956. The van der Waals surface area contributed by atoms with Crippen LogP contribution in [0.3, 0.4) is 0 Å². The van der Waals surface area contributed by atoms with Crippen molar-refractivity contribution in [3.63, 3.8) is 0 Å². The molecule has 2 heterocycles. The predicted octanol–water partition coefficient (Wildman–Crippen LogP) is 1.72. The second-order valence-corrected chi connectivity index (χ2v) is 1.96. The van der Waals surface area contributed by atoms with Crippen LogP contribution in [-0.4, -0.2) is 6.91 Å². The quantitative estimate of drug-likeness (QED) is 0.510. The Morgan fingerprint density at radius 2 is 2.33 bits per heavy atom. The Morgan fingerprint density at radius 1 is 1.33 bits per heavy atom. The van der Waals surface area contributed by atoms with E-state index in [2.05, 4.69) is 0 Å². The van der Waals surface area contributed by atoms with Crippen molar-refractivity contribution in [2.24, 2.45) is 0 Å². The molecule has 2 rings (SSSR count). The molecule has 0 bridgehead atoms. The van der Waals surface area contributed by atoms with Gasteiger partial charge in [0, 0.05) is 0 Å². The molecule has 2 aliphatic rings. The summed E-state index contributed by atoms with van der Waals surface area (Å²) in [5, 5.41) is 0. The molecule has 0 spiro atoms. The van der Waals surface area contributed by atoms with Gasteiger partial charge in [-0.3, -0.25) is 0 Å². The minimum absolute atomic E-state index is 0.956. The molecule has 1 nitrogen and oxygen atoms in total. The van der Waals surface area contributed by atoms with Crippen LogP contribution in [0.1, 0.15) is 0 Å². The van der Waals surface area contributed by atoms with Crippen molar-refractivity contribution >= 4 is 6.91 Å². The third kappa shape index (κ3) is 0.671. The second kappa shape index (κ2) is 1.73. The molecule has 0 aromatic rings. The van der Waals surface area contributed by atoms with Gasteiger partial charge in [0.2, 0.25) is 0 Å². The summed E-state index contributed by atoms with van der Waals surface area (Å²) in [7, 11) is 0. The molecule has 42 valence electrons. The molecule has 9 heavy (non-hydrogen) atoms. The molecule has 0 N–H and O–H groups in total. The van der Waals surface area contributed by atoms with Crippen LogP contribution < -0.4 is 0 Å². The fourth-order valence-electron chi connectivity index (χ4n) is 0.918. The molecule has 0 amide bonds. The van der Waals surface area contributed by atoms with Gasteiger partial charge in [0.25, 0.3) is 0 Å². The zero-order valence-corrected chi connectivity index (χ0v) is 4.87. The maximum absolute atomic E-state index is 5.15. The van der Waals surface area contributed by atoms with E-state index in [0.29, 0.717) is 0 Å². The van der Waals surface area contributed by atoms with E-state index in [-0.39, 0.29) is 0 Å². The molecule has 0 aromatic heterocycles. The van der Waals surface area contributed by atoms with Crippen LogP contribution in [0, 0.1) is 0 Å². The molecule has 0 fully saturated rings. The Kier molecular flexibility index (Phi) is 0.920. The molecule has 0 aromatic carbocycles.